The summed E-state index contributed by atoms with van der Waals surface area (Å²) >= 11 is 0. The highest BCUT2D eigenvalue weighted by Gasteiger charge is 2.17. The van der Waals surface area contributed by atoms with Crippen LogP contribution >= 0.6 is 0 Å². The molecule has 0 aliphatic heterocycles. The Kier molecular flexibility index (Phi) is 3.37. The number of hydrogen-bond donors (Lipinski definition) is 1. The van der Waals surface area contributed by atoms with E-state index in [1.165, 1.54) is 24.0 Å². The van der Waals surface area contributed by atoms with Gasteiger partial charge in [0.2, 0.25) is 0 Å². The number of halogens is 1. The van der Waals surface area contributed by atoms with Crippen molar-refractivity contribution in [2.45, 2.75) is 38.6 Å². The van der Waals surface area contributed by atoms with Gasteiger partial charge in [0.25, 0.3) is 0 Å². The number of aryl methyl sites for hydroxylation is 1. The summed E-state index contributed by atoms with van der Waals surface area (Å²) in [6.07, 6.45) is 4.68. The molecule has 1 unspecified atom stereocenters. The lowest BCUT2D eigenvalue weighted by molar-refractivity contribution is 0.501. The van der Waals surface area contributed by atoms with Crippen LogP contribution in [0.2, 0.25) is 0 Å². The van der Waals surface area contributed by atoms with Crippen molar-refractivity contribution >= 4 is 0 Å². The maximum absolute atomic E-state index is 13.2. The molecular formula is C13H18FN. The van der Waals surface area contributed by atoms with Crippen molar-refractivity contribution < 1.29 is 4.39 Å². The molecule has 0 amide bonds. The van der Waals surface area contributed by atoms with E-state index in [4.69, 9.17) is 0 Å². The predicted octanol–water partition coefficient (Wildman–Crippen LogP) is 3.20. The molecule has 1 aliphatic carbocycles. The highest BCUT2D eigenvalue weighted by Crippen LogP contribution is 2.29. The molecule has 1 N–H and O–H groups in total. The van der Waals surface area contributed by atoms with Gasteiger partial charge in [-0.3, -0.25) is 0 Å². The second-order valence-corrected chi connectivity index (χ2v) is 4.20. The lowest BCUT2D eigenvalue weighted by atomic mass is 9.99. The van der Waals surface area contributed by atoms with Gasteiger partial charge in [0.1, 0.15) is 5.82 Å². The van der Waals surface area contributed by atoms with Crippen LogP contribution < -0.4 is 5.32 Å². The van der Waals surface area contributed by atoms with Crippen LogP contribution in [0.15, 0.2) is 18.2 Å². The topological polar surface area (TPSA) is 12.0 Å². The van der Waals surface area contributed by atoms with Crippen LogP contribution in [0, 0.1) is 5.82 Å². The highest BCUT2D eigenvalue weighted by molar-refractivity contribution is 5.31. The Morgan fingerprint density at radius 1 is 1.40 bits per heavy atom. The SMILES string of the molecule is CCNC1CCCCc2ccc(F)cc21. The first kappa shape index (κ1) is 10.6. The summed E-state index contributed by atoms with van der Waals surface area (Å²) < 4.78 is 13.2. The van der Waals surface area contributed by atoms with E-state index in [2.05, 4.69) is 12.2 Å². The zero-order valence-corrected chi connectivity index (χ0v) is 9.22. The van der Waals surface area contributed by atoms with Crippen LogP contribution in [-0.2, 0) is 6.42 Å². The molecule has 0 bridgehead atoms. The number of benzene rings is 1. The number of rotatable bonds is 2. The van der Waals surface area contributed by atoms with Crippen molar-refractivity contribution in [1.29, 1.82) is 0 Å². The minimum absolute atomic E-state index is 0.112. The molecule has 1 atom stereocenters. The van der Waals surface area contributed by atoms with E-state index < -0.39 is 0 Å². The van der Waals surface area contributed by atoms with Gasteiger partial charge in [-0.1, -0.05) is 19.4 Å². The fraction of sp³-hybridized carbons (Fsp3) is 0.538. The average Bonchev–Trinajstić information content (AvgIpc) is 2.42. The molecule has 2 rings (SSSR count). The lowest BCUT2D eigenvalue weighted by Crippen LogP contribution is -2.21. The molecule has 15 heavy (non-hydrogen) atoms. The van der Waals surface area contributed by atoms with Gasteiger partial charge in [0, 0.05) is 6.04 Å². The van der Waals surface area contributed by atoms with Crippen LogP contribution in [-0.4, -0.2) is 6.54 Å². The first-order valence-electron chi connectivity index (χ1n) is 5.83. The molecule has 1 aromatic rings. The van der Waals surface area contributed by atoms with Gasteiger partial charge in [0.15, 0.2) is 0 Å². The summed E-state index contributed by atoms with van der Waals surface area (Å²) in [5.74, 6) is -0.112. The standard InChI is InChI=1S/C13H18FN/c1-2-15-13-6-4-3-5-10-7-8-11(14)9-12(10)13/h7-9,13,15H,2-6H2,1H3. The fourth-order valence-corrected chi connectivity index (χ4v) is 2.40. The van der Waals surface area contributed by atoms with Gasteiger partial charge in [-0.15, -0.1) is 0 Å². The monoisotopic (exact) mass is 207 g/mol. The maximum Gasteiger partial charge on any atom is 0.123 e. The molecule has 2 heteroatoms. The summed E-state index contributed by atoms with van der Waals surface area (Å²) in [5.41, 5.74) is 2.49. The zero-order valence-electron chi connectivity index (χ0n) is 9.22. The van der Waals surface area contributed by atoms with Gasteiger partial charge >= 0.3 is 0 Å². The van der Waals surface area contributed by atoms with E-state index >= 15 is 0 Å². The van der Waals surface area contributed by atoms with Crippen molar-refractivity contribution in [1.82, 2.24) is 5.32 Å². The largest absolute Gasteiger partial charge is 0.310 e. The van der Waals surface area contributed by atoms with Gasteiger partial charge in [-0.25, -0.2) is 4.39 Å². The zero-order chi connectivity index (χ0) is 10.7. The van der Waals surface area contributed by atoms with E-state index in [0.717, 1.165) is 19.4 Å². The Bertz CT molecular complexity index is 335. The first-order chi connectivity index (χ1) is 7.31. The third kappa shape index (κ3) is 2.37. The van der Waals surface area contributed by atoms with Crippen molar-refractivity contribution in [3.8, 4) is 0 Å². The molecule has 0 saturated carbocycles. The van der Waals surface area contributed by atoms with E-state index in [1.54, 1.807) is 12.1 Å². The Labute approximate surface area is 90.7 Å². The van der Waals surface area contributed by atoms with Gasteiger partial charge in [-0.05, 0) is 49.1 Å². The molecule has 0 fully saturated rings. The molecule has 1 aliphatic rings. The Hall–Kier alpha value is -0.890. The molecular weight excluding hydrogens is 189 g/mol. The number of hydrogen-bond acceptors (Lipinski definition) is 1. The molecule has 1 aromatic carbocycles. The summed E-state index contributed by atoms with van der Waals surface area (Å²) in [6.45, 7) is 3.05. The molecule has 1 nitrogen and oxygen atoms in total. The van der Waals surface area contributed by atoms with Gasteiger partial charge in [0.05, 0.1) is 0 Å². The summed E-state index contributed by atoms with van der Waals surface area (Å²) in [7, 11) is 0. The second-order valence-electron chi connectivity index (χ2n) is 4.20. The van der Waals surface area contributed by atoms with E-state index in [1.807, 2.05) is 6.07 Å². The molecule has 0 aromatic heterocycles. The second kappa shape index (κ2) is 4.75. The maximum atomic E-state index is 13.2. The van der Waals surface area contributed by atoms with E-state index in [9.17, 15) is 4.39 Å². The van der Waals surface area contributed by atoms with Crippen molar-refractivity contribution in [2.24, 2.45) is 0 Å². The van der Waals surface area contributed by atoms with Gasteiger partial charge < -0.3 is 5.32 Å². The Morgan fingerprint density at radius 3 is 3.07 bits per heavy atom. The minimum atomic E-state index is -0.112. The summed E-state index contributed by atoms with van der Waals surface area (Å²) in [6, 6.07) is 5.57. The molecule has 82 valence electrons. The summed E-state index contributed by atoms with van der Waals surface area (Å²) in [4.78, 5) is 0. The first-order valence-corrected chi connectivity index (χ1v) is 5.83. The quantitative estimate of drug-likeness (QED) is 0.734. The molecule has 0 heterocycles. The van der Waals surface area contributed by atoms with Crippen LogP contribution in [0.4, 0.5) is 4.39 Å². The van der Waals surface area contributed by atoms with Crippen LogP contribution in [0.3, 0.4) is 0 Å². The smallest absolute Gasteiger partial charge is 0.123 e. The number of fused-ring (bicyclic) bond motifs is 1. The Balaban J connectivity index is 2.33. The van der Waals surface area contributed by atoms with E-state index in [-0.39, 0.29) is 5.82 Å². The summed E-state index contributed by atoms with van der Waals surface area (Å²) in [5, 5.41) is 3.44. The minimum Gasteiger partial charge on any atom is -0.310 e. The third-order valence-corrected chi connectivity index (χ3v) is 3.12. The van der Waals surface area contributed by atoms with Gasteiger partial charge in [-0.2, -0.15) is 0 Å². The lowest BCUT2D eigenvalue weighted by Gasteiger charge is -2.18. The van der Waals surface area contributed by atoms with Crippen molar-refractivity contribution in [3.63, 3.8) is 0 Å². The normalized spacial score (nSPS) is 20.8. The number of nitrogens with one attached hydrogen (secondary N) is 1. The molecule has 0 spiro atoms. The van der Waals surface area contributed by atoms with Crippen molar-refractivity contribution in [3.05, 3.63) is 35.1 Å². The fourth-order valence-electron chi connectivity index (χ4n) is 2.40. The highest BCUT2D eigenvalue weighted by atomic mass is 19.1. The van der Waals surface area contributed by atoms with Crippen molar-refractivity contribution in [2.75, 3.05) is 6.54 Å². The van der Waals surface area contributed by atoms with Crippen LogP contribution in [0.25, 0.3) is 0 Å². The third-order valence-electron chi connectivity index (χ3n) is 3.12. The van der Waals surface area contributed by atoms with E-state index in [0.29, 0.717) is 6.04 Å². The molecule has 0 saturated heterocycles. The predicted molar refractivity (Wildman–Crippen MR) is 60.4 cm³/mol. The molecule has 0 radical (unpaired) electrons. The average molecular weight is 207 g/mol. The van der Waals surface area contributed by atoms with Crippen LogP contribution in [0.5, 0.6) is 0 Å². The van der Waals surface area contributed by atoms with Crippen LogP contribution in [0.1, 0.15) is 43.4 Å². The Morgan fingerprint density at radius 2 is 2.27 bits per heavy atom.